The Hall–Kier alpha value is -0.830. The minimum absolute atomic E-state index is 0.0233. The summed E-state index contributed by atoms with van der Waals surface area (Å²) in [6.45, 7) is 2.51. The van der Waals surface area contributed by atoms with E-state index in [9.17, 15) is 9.59 Å². The topological polar surface area (TPSA) is 37.4 Å². The standard InChI is InChI=1S/C13H18ClNO2/c1-2-9-7-10-11(8-9)13(17)15(12(10)16)6-4-3-5-14/h3-4,9-11H,2,5-8H2,1H3/b4-3+. The van der Waals surface area contributed by atoms with Gasteiger partial charge in [0.1, 0.15) is 0 Å². The number of likely N-dealkylation sites (tertiary alicyclic amines) is 1. The Morgan fingerprint density at radius 1 is 1.24 bits per heavy atom. The van der Waals surface area contributed by atoms with Gasteiger partial charge in [-0.3, -0.25) is 14.5 Å². The van der Waals surface area contributed by atoms with Crippen molar-refractivity contribution in [1.82, 2.24) is 4.90 Å². The Morgan fingerprint density at radius 3 is 2.29 bits per heavy atom. The fraction of sp³-hybridized carbons (Fsp3) is 0.692. The van der Waals surface area contributed by atoms with E-state index in [2.05, 4.69) is 6.92 Å². The van der Waals surface area contributed by atoms with Crippen molar-refractivity contribution in [3.63, 3.8) is 0 Å². The summed E-state index contributed by atoms with van der Waals surface area (Å²) in [5.74, 6) is 0.929. The molecule has 0 N–H and O–H groups in total. The Kier molecular flexibility index (Phi) is 3.87. The molecule has 2 amide bonds. The van der Waals surface area contributed by atoms with Crippen LogP contribution in [-0.4, -0.2) is 29.1 Å². The van der Waals surface area contributed by atoms with E-state index < -0.39 is 0 Å². The van der Waals surface area contributed by atoms with Crippen molar-refractivity contribution in [2.45, 2.75) is 26.2 Å². The second-order valence-electron chi connectivity index (χ2n) is 4.87. The number of alkyl halides is 1. The molecule has 2 rings (SSSR count). The molecule has 2 fully saturated rings. The third-order valence-electron chi connectivity index (χ3n) is 3.95. The van der Waals surface area contributed by atoms with Crippen molar-refractivity contribution in [1.29, 1.82) is 0 Å². The number of fused-ring (bicyclic) bond motifs is 1. The molecule has 0 aromatic heterocycles. The maximum atomic E-state index is 12.1. The van der Waals surface area contributed by atoms with Crippen LogP contribution in [0.2, 0.25) is 0 Å². The van der Waals surface area contributed by atoms with Gasteiger partial charge in [-0.25, -0.2) is 0 Å². The fourth-order valence-electron chi connectivity index (χ4n) is 2.95. The molecule has 1 heterocycles. The first-order chi connectivity index (χ1) is 8.19. The van der Waals surface area contributed by atoms with E-state index in [1.54, 1.807) is 12.2 Å². The molecule has 4 heteroatoms. The lowest BCUT2D eigenvalue weighted by molar-refractivity contribution is -0.139. The molecule has 94 valence electrons. The zero-order valence-corrected chi connectivity index (χ0v) is 10.8. The van der Waals surface area contributed by atoms with Gasteiger partial charge in [0.2, 0.25) is 11.8 Å². The maximum absolute atomic E-state index is 12.1. The van der Waals surface area contributed by atoms with Crippen LogP contribution in [0.4, 0.5) is 0 Å². The minimum Gasteiger partial charge on any atom is -0.278 e. The summed E-state index contributed by atoms with van der Waals surface area (Å²) in [6, 6.07) is 0. The summed E-state index contributed by atoms with van der Waals surface area (Å²) < 4.78 is 0. The van der Waals surface area contributed by atoms with E-state index >= 15 is 0 Å². The van der Waals surface area contributed by atoms with Gasteiger partial charge in [0.15, 0.2) is 0 Å². The third kappa shape index (κ3) is 2.25. The van der Waals surface area contributed by atoms with Crippen molar-refractivity contribution in [3.05, 3.63) is 12.2 Å². The number of hydrogen-bond acceptors (Lipinski definition) is 2. The van der Waals surface area contributed by atoms with Gasteiger partial charge in [-0.15, -0.1) is 11.6 Å². The number of allylic oxidation sites excluding steroid dienone is 1. The number of amides is 2. The quantitative estimate of drug-likeness (QED) is 0.439. The largest absolute Gasteiger partial charge is 0.278 e. The number of hydrogen-bond donors (Lipinski definition) is 0. The number of halogens is 1. The number of carbonyl (C=O) groups excluding carboxylic acids is 2. The zero-order chi connectivity index (χ0) is 12.4. The Balaban J connectivity index is 2.03. The first-order valence-corrected chi connectivity index (χ1v) is 6.78. The molecule has 1 saturated heterocycles. The molecule has 1 saturated carbocycles. The highest BCUT2D eigenvalue weighted by Gasteiger charge is 2.51. The van der Waals surface area contributed by atoms with E-state index in [-0.39, 0.29) is 23.7 Å². The van der Waals surface area contributed by atoms with E-state index in [1.807, 2.05) is 0 Å². The van der Waals surface area contributed by atoms with Crippen LogP contribution < -0.4 is 0 Å². The Bertz CT molecular complexity index is 329. The van der Waals surface area contributed by atoms with Crippen molar-refractivity contribution >= 4 is 23.4 Å². The van der Waals surface area contributed by atoms with Crippen LogP contribution in [0.3, 0.4) is 0 Å². The summed E-state index contributed by atoms with van der Waals surface area (Å²) in [4.78, 5) is 25.6. The molecule has 2 aliphatic rings. The summed E-state index contributed by atoms with van der Waals surface area (Å²) in [6.07, 6.45) is 6.41. The molecule has 0 spiro atoms. The molecule has 17 heavy (non-hydrogen) atoms. The van der Waals surface area contributed by atoms with Gasteiger partial charge < -0.3 is 0 Å². The van der Waals surface area contributed by atoms with Gasteiger partial charge in [-0.2, -0.15) is 0 Å². The van der Waals surface area contributed by atoms with Gasteiger partial charge in [-0.05, 0) is 18.8 Å². The fourth-order valence-corrected chi connectivity index (χ4v) is 3.08. The predicted octanol–water partition coefficient (Wildman–Crippen LogP) is 2.20. The van der Waals surface area contributed by atoms with Crippen molar-refractivity contribution in [3.8, 4) is 0 Å². The van der Waals surface area contributed by atoms with Gasteiger partial charge in [-0.1, -0.05) is 25.5 Å². The molecular weight excluding hydrogens is 238 g/mol. The molecule has 1 aliphatic carbocycles. The molecule has 2 atom stereocenters. The van der Waals surface area contributed by atoms with Gasteiger partial charge in [0.05, 0.1) is 11.8 Å². The van der Waals surface area contributed by atoms with Crippen LogP contribution in [-0.2, 0) is 9.59 Å². The SMILES string of the molecule is CCC1CC2C(=O)N(C/C=C/CCl)C(=O)C2C1. The lowest BCUT2D eigenvalue weighted by Gasteiger charge is -2.15. The summed E-state index contributed by atoms with van der Waals surface area (Å²) in [7, 11) is 0. The van der Waals surface area contributed by atoms with Crippen LogP contribution >= 0.6 is 11.6 Å². The van der Waals surface area contributed by atoms with Gasteiger partial charge in [0.25, 0.3) is 0 Å². The number of carbonyl (C=O) groups is 2. The number of rotatable bonds is 4. The summed E-state index contributed by atoms with van der Waals surface area (Å²) in [5.41, 5.74) is 0. The third-order valence-corrected chi connectivity index (χ3v) is 4.13. The van der Waals surface area contributed by atoms with Crippen LogP contribution in [0, 0.1) is 17.8 Å². The van der Waals surface area contributed by atoms with E-state index in [0.29, 0.717) is 18.3 Å². The van der Waals surface area contributed by atoms with Crippen LogP contribution in [0.25, 0.3) is 0 Å². The maximum Gasteiger partial charge on any atom is 0.233 e. The molecule has 0 bridgehead atoms. The summed E-state index contributed by atoms with van der Waals surface area (Å²) in [5, 5.41) is 0. The second kappa shape index (κ2) is 5.21. The average Bonchev–Trinajstić information content (AvgIpc) is 2.84. The molecule has 1 aliphatic heterocycles. The van der Waals surface area contributed by atoms with Gasteiger partial charge >= 0.3 is 0 Å². The normalized spacial score (nSPS) is 32.8. The van der Waals surface area contributed by atoms with E-state index in [0.717, 1.165) is 19.3 Å². The number of nitrogens with zero attached hydrogens (tertiary/aromatic N) is 1. The minimum atomic E-state index is -0.0446. The number of imide groups is 1. The lowest BCUT2D eigenvalue weighted by Crippen LogP contribution is -2.32. The van der Waals surface area contributed by atoms with Crippen molar-refractivity contribution in [2.75, 3.05) is 12.4 Å². The highest BCUT2D eigenvalue weighted by atomic mass is 35.5. The highest BCUT2D eigenvalue weighted by Crippen LogP contribution is 2.44. The van der Waals surface area contributed by atoms with E-state index in [4.69, 9.17) is 11.6 Å². The Labute approximate surface area is 107 Å². The first-order valence-electron chi connectivity index (χ1n) is 6.25. The molecule has 2 unspecified atom stereocenters. The van der Waals surface area contributed by atoms with Crippen molar-refractivity contribution in [2.24, 2.45) is 17.8 Å². The van der Waals surface area contributed by atoms with Crippen LogP contribution in [0.5, 0.6) is 0 Å². The molecule has 0 radical (unpaired) electrons. The smallest absolute Gasteiger partial charge is 0.233 e. The molecule has 0 aromatic rings. The van der Waals surface area contributed by atoms with Crippen molar-refractivity contribution < 1.29 is 9.59 Å². The lowest BCUT2D eigenvalue weighted by atomic mass is 10.00. The van der Waals surface area contributed by atoms with Crippen LogP contribution in [0.15, 0.2) is 12.2 Å². The predicted molar refractivity (Wildman–Crippen MR) is 66.6 cm³/mol. The van der Waals surface area contributed by atoms with Crippen LogP contribution in [0.1, 0.15) is 26.2 Å². The van der Waals surface area contributed by atoms with E-state index in [1.165, 1.54) is 4.90 Å². The second-order valence-corrected chi connectivity index (χ2v) is 5.18. The first kappa shape index (κ1) is 12.6. The Morgan fingerprint density at radius 2 is 1.82 bits per heavy atom. The summed E-state index contributed by atoms with van der Waals surface area (Å²) >= 11 is 5.52. The molecular formula is C13H18ClNO2. The highest BCUT2D eigenvalue weighted by molar-refractivity contribution is 6.18. The molecule has 3 nitrogen and oxygen atoms in total. The van der Waals surface area contributed by atoms with Gasteiger partial charge in [0, 0.05) is 12.4 Å². The monoisotopic (exact) mass is 255 g/mol. The zero-order valence-electron chi connectivity index (χ0n) is 10.1. The average molecular weight is 256 g/mol. The molecule has 0 aromatic carbocycles.